The van der Waals surface area contributed by atoms with E-state index in [0.717, 1.165) is 17.3 Å². The van der Waals surface area contributed by atoms with Crippen LogP contribution in [-0.4, -0.2) is 16.0 Å². The first kappa shape index (κ1) is 10.7. The molecule has 0 aliphatic heterocycles. The highest BCUT2D eigenvalue weighted by Gasteiger charge is 2.36. The van der Waals surface area contributed by atoms with E-state index in [1.807, 2.05) is 6.92 Å². The van der Waals surface area contributed by atoms with E-state index < -0.39 is 0 Å². The largest absolute Gasteiger partial charge is 0.367 e. The second kappa shape index (κ2) is 4.35. The lowest BCUT2D eigenvalue weighted by Crippen LogP contribution is -2.08. The van der Waals surface area contributed by atoms with Gasteiger partial charge in [0.2, 0.25) is 0 Å². The molecule has 1 N–H and O–H groups in total. The molecule has 0 aromatic carbocycles. The minimum absolute atomic E-state index is 0.542. The average molecular weight is 226 g/mol. The maximum Gasteiger partial charge on any atom is 0.137 e. The highest BCUT2D eigenvalue weighted by Crippen LogP contribution is 2.37. The van der Waals surface area contributed by atoms with E-state index in [1.165, 1.54) is 25.6 Å². The Hall–Kier alpha value is -0.830. The van der Waals surface area contributed by atoms with E-state index in [2.05, 4.69) is 22.2 Å². The van der Waals surface area contributed by atoms with Gasteiger partial charge in [0.1, 0.15) is 17.3 Å². The Bertz CT molecular complexity index is 354. The maximum atomic E-state index is 5.92. The molecule has 2 rings (SSSR count). The van der Waals surface area contributed by atoms with Gasteiger partial charge in [-0.1, -0.05) is 24.9 Å². The van der Waals surface area contributed by atoms with Crippen molar-refractivity contribution in [3.63, 3.8) is 0 Å². The van der Waals surface area contributed by atoms with Gasteiger partial charge >= 0.3 is 0 Å². The Balaban J connectivity index is 1.98. The number of hydrogen-bond acceptors (Lipinski definition) is 3. The Morgan fingerprint density at radius 1 is 1.53 bits per heavy atom. The Kier molecular flexibility index (Phi) is 3.10. The summed E-state index contributed by atoms with van der Waals surface area (Å²) in [7, 11) is 0. The first-order chi connectivity index (χ1) is 7.22. The SMILES string of the molecule is CCCC1CC1Nc1ncnc(Cl)c1C. The summed E-state index contributed by atoms with van der Waals surface area (Å²) in [5.41, 5.74) is 0.946. The van der Waals surface area contributed by atoms with Crippen LogP contribution in [-0.2, 0) is 0 Å². The molecular weight excluding hydrogens is 210 g/mol. The predicted octanol–water partition coefficient (Wildman–Crippen LogP) is 3.04. The lowest BCUT2D eigenvalue weighted by Gasteiger charge is -2.08. The topological polar surface area (TPSA) is 37.8 Å². The molecule has 1 saturated carbocycles. The molecule has 0 amide bonds. The Morgan fingerprint density at radius 2 is 2.33 bits per heavy atom. The van der Waals surface area contributed by atoms with Gasteiger partial charge in [-0.05, 0) is 25.7 Å². The summed E-state index contributed by atoms with van der Waals surface area (Å²) >= 11 is 5.92. The Labute approximate surface area is 95.3 Å². The highest BCUT2D eigenvalue weighted by atomic mass is 35.5. The van der Waals surface area contributed by atoms with E-state index in [1.54, 1.807) is 0 Å². The number of nitrogens with one attached hydrogen (secondary N) is 1. The van der Waals surface area contributed by atoms with Crippen LogP contribution in [0, 0.1) is 12.8 Å². The van der Waals surface area contributed by atoms with Crippen molar-refractivity contribution >= 4 is 17.4 Å². The highest BCUT2D eigenvalue weighted by molar-refractivity contribution is 6.30. The average Bonchev–Trinajstić information content (AvgIpc) is 2.93. The summed E-state index contributed by atoms with van der Waals surface area (Å²) in [4.78, 5) is 8.14. The van der Waals surface area contributed by atoms with Crippen LogP contribution in [0.4, 0.5) is 5.82 Å². The van der Waals surface area contributed by atoms with Gasteiger partial charge in [0, 0.05) is 11.6 Å². The molecule has 1 fully saturated rings. The van der Waals surface area contributed by atoms with E-state index in [0.29, 0.717) is 11.2 Å². The molecule has 1 aromatic rings. The van der Waals surface area contributed by atoms with Crippen molar-refractivity contribution in [1.29, 1.82) is 0 Å². The molecule has 15 heavy (non-hydrogen) atoms. The predicted molar refractivity (Wildman–Crippen MR) is 62.2 cm³/mol. The molecule has 0 bridgehead atoms. The second-order valence-corrected chi connectivity index (χ2v) is 4.53. The monoisotopic (exact) mass is 225 g/mol. The van der Waals surface area contributed by atoms with Gasteiger partial charge in [-0.25, -0.2) is 9.97 Å². The lowest BCUT2D eigenvalue weighted by atomic mass is 10.2. The van der Waals surface area contributed by atoms with Crippen LogP contribution in [0.2, 0.25) is 5.15 Å². The second-order valence-electron chi connectivity index (χ2n) is 4.17. The molecule has 1 heterocycles. The van der Waals surface area contributed by atoms with Crippen LogP contribution in [0.15, 0.2) is 6.33 Å². The molecule has 82 valence electrons. The lowest BCUT2D eigenvalue weighted by molar-refractivity contribution is 0.692. The maximum absolute atomic E-state index is 5.92. The molecule has 2 unspecified atom stereocenters. The fourth-order valence-corrected chi connectivity index (χ4v) is 2.00. The van der Waals surface area contributed by atoms with Crippen LogP contribution in [0.3, 0.4) is 0 Å². The first-order valence-electron chi connectivity index (χ1n) is 5.46. The van der Waals surface area contributed by atoms with Crippen molar-refractivity contribution in [3.05, 3.63) is 17.0 Å². The van der Waals surface area contributed by atoms with Crippen LogP contribution < -0.4 is 5.32 Å². The van der Waals surface area contributed by atoms with Gasteiger partial charge in [0.25, 0.3) is 0 Å². The zero-order chi connectivity index (χ0) is 10.8. The van der Waals surface area contributed by atoms with E-state index in [9.17, 15) is 0 Å². The molecule has 1 aliphatic carbocycles. The van der Waals surface area contributed by atoms with Crippen molar-refractivity contribution in [2.75, 3.05) is 5.32 Å². The molecule has 0 radical (unpaired) electrons. The zero-order valence-electron chi connectivity index (χ0n) is 9.13. The number of nitrogens with zero attached hydrogens (tertiary/aromatic N) is 2. The third-order valence-electron chi connectivity index (χ3n) is 2.93. The molecule has 4 heteroatoms. The molecule has 1 aliphatic rings. The molecular formula is C11H16ClN3. The quantitative estimate of drug-likeness (QED) is 0.801. The number of aromatic nitrogens is 2. The van der Waals surface area contributed by atoms with Crippen molar-refractivity contribution in [1.82, 2.24) is 9.97 Å². The van der Waals surface area contributed by atoms with Gasteiger partial charge in [-0.3, -0.25) is 0 Å². The summed E-state index contributed by atoms with van der Waals surface area (Å²) in [5.74, 6) is 1.71. The summed E-state index contributed by atoms with van der Waals surface area (Å²) in [6.45, 7) is 4.17. The van der Waals surface area contributed by atoms with Gasteiger partial charge in [0.05, 0.1) is 0 Å². The molecule has 3 nitrogen and oxygen atoms in total. The fraction of sp³-hybridized carbons (Fsp3) is 0.636. The summed E-state index contributed by atoms with van der Waals surface area (Å²) in [6, 6.07) is 0.592. The minimum atomic E-state index is 0.542. The van der Waals surface area contributed by atoms with Crippen LogP contribution in [0.1, 0.15) is 31.7 Å². The number of anilines is 1. The van der Waals surface area contributed by atoms with Crippen molar-refractivity contribution < 1.29 is 0 Å². The molecule has 0 spiro atoms. The smallest absolute Gasteiger partial charge is 0.137 e. The Morgan fingerprint density at radius 3 is 3.07 bits per heavy atom. The van der Waals surface area contributed by atoms with Gasteiger partial charge in [-0.15, -0.1) is 0 Å². The number of rotatable bonds is 4. The molecule has 0 saturated heterocycles. The van der Waals surface area contributed by atoms with Crippen LogP contribution >= 0.6 is 11.6 Å². The van der Waals surface area contributed by atoms with Gasteiger partial charge in [-0.2, -0.15) is 0 Å². The first-order valence-corrected chi connectivity index (χ1v) is 5.83. The standard InChI is InChI=1S/C11H16ClN3/c1-3-4-8-5-9(8)15-11-7(2)10(12)13-6-14-11/h6,8-9H,3-5H2,1-2H3,(H,13,14,15). The fourth-order valence-electron chi connectivity index (χ4n) is 1.86. The van der Waals surface area contributed by atoms with E-state index >= 15 is 0 Å². The van der Waals surface area contributed by atoms with Crippen molar-refractivity contribution in [2.24, 2.45) is 5.92 Å². The van der Waals surface area contributed by atoms with Crippen molar-refractivity contribution in [2.45, 2.75) is 39.2 Å². The summed E-state index contributed by atoms with van der Waals surface area (Å²) in [5, 5.41) is 3.97. The molecule has 2 atom stereocenters. The molecule has 1 aromatic heterocycles. The van der Waals surface area contributed by atoms with Crippen LogP contribution in [0.5, 0.6) is 0 Å². The number of hydrogen-bond donors (Lipinski definition) is 1. The van der Waals surface area contributed by atoms with Gasteiger partial charge < -0.3 is 5.32 Å². The van der Waals surface area contributed by atoms with E-state index in [4.69, 9.17) is 11.6 Å². The summed E-state index contributed by atoms with van der Waals surface area (Å²) < 4.78 is 0. The summed E-state index contributed by atoms with van der Waals surface area (Å²) in [6.07, 6.45) is 5.33. The number of halogens is 1. The third kappa shape index (κ3) is 2.40. The van der Waals surface area contributed by atoms with E-state index in [-0.39, 0.29) is 0 Å². The normalized spacial score (nSPS) is 23.9. The van der Waals surface area contributed by atoms with Crippen molar-refractivity contribution in [3.8, 4) is 0 Å². The van der Waals surface area contributed by atoms with Gasteiger partial charge in [0.15, 0.2) is 0 Å². The minimum Gasteiger partial charge on any atom is -0.367 e. The third-order valence-corrected chi connectivity index (χ3v) is 3.31. The van der Waals surface area contributed by atoms with Crippen LogP contribution in [0.25, 0.3) is 0 Å². The zero-order valence-corrected chi connectivity index (χ0v) is 9.88.